The highest BCUT2D eigenvalue weighted by Crippen LogP contribution is 2.15. The summed E-state index contributed by atoms with van der Waals surface area (Å²) in [5.74, 6) is 0. The third kappa shape index (κ3) is 4.05. The molecule has 0 amide bonds. The summed E-state index contributed by atoms with van der Waals surface area (Å²) in [6.07, 6.45) is 0.105. The molecule has 0 N–H and O–H groups in total. The number of likely N-dealkylation sites (N-methyl/N-ethyl adjacent to an activating group) is 2. The molecule has 1 rings (SSSR count). The summed E-state index contributed by atoms with van der Waals surface area (Å²) in [7, 11) is 0. The molecule has 0 radical (unpaired) electrons. The van der Waals surface area contributed by atoms with Gasteiger partial charge in [0, 0.05) is 18.8 Å². The molecular weight excluding hydrogens is 214 g/mol. The van der Waals surface area contributed by atoms with Gasteiger partial charge in [0.2, 0.25) is 6.35 Å². The summed E-state index contributed by atoms with van der Waals surface area (Å²) in [4.78, 5) is 9.30. The third-order valence-electron chi connectivity index (χ3n) is 3.54. The fraction of sp³-hybridized carbons (Fsp3) is 0.923. The third-order valence-corrected chi connectivity index (χ3v) is 3.54. The fourth-order valence-corrected chi connectivity index (χ4v) is 1.99. The summed E-state index contributed by atoms with van der Waals surface area (Å²) in [5, 5.41) is 0. The predicted octanol–water partition coefficient (Wildman–Crippen LogP) is 1.81. The molecule has 0 aromatic carbocycles. The molecule has 0 saturated heterocycles. The lowest BCUT2D eigenvalue weighted by Gasteiger charge is -2.28. The van der Waals surface area contributed by atoms with Crippen LogP contribution in [0.15, 0.2) is 4.99 Å². The van der Waals surface area contributed by atoms with E-state index in [1.54, 1.807) is 0 Å². The monoisotopic (exact) mass is 241 g/mol. The van der Waals surface area contributed by atoms with Crippen LogP contribution in [0.25, 0.3) is 0 Å². The van der Waals surface area contributed by atoms with Crippen LogP contribution in [-0.4, -0.2) is 60.7 Å². The van der Waals surface area contributed by atoms with Crippen LogP contribution in [0.2, 0.25) is 0 Å². The topological polar surface area (TPSA) is 28.1 Å². The summed E-state index contributed by atoms with van der Waals surface area (Å²) in [5.41, 5.74) is 1.11. The SMILES string of the molecule is CCN(CC)CCN(CC)C1N=C(C)C(C)O1. The number of hydrogen-bond acceptors (Lipinski definition) is 4. The van der Waals surface area contributed by atoms with Crippen LogP contribution in [0.5, 0.6) is 0 Å². The number of rotatable bonds is 7. The predicted molar refractivity (Wildman–Crippen MR) is 72.5 cm³/mol. The van der Waals surface area contributed by atoms with Gasteiger partial charge in [-0.15, -0.1) is 0 Å². The number of hydrogen-bond donors (Lipinski definition) is 0. The Balaban J connectivity index is 2.44. The van der Waals surface area contributed by atoms with Gasteiger partial charge < -0.3 is 9.64 Å². The van der Waals surface area contributed by atoms with E-state index in [9.17, 15) is 0 Å². The van der Waals surface area contributed by atoms with Crippen LogP contribution in [0.1, 0.15) is 34.6 Å². The van der Waals surface area contributed by atoms with Crippen molar-refractivity contribution in [2.45, 2.75) is 47.1 Å². The van der Waals surface area contributed by atoms with Gasteiger partial charge in [0.05, 0.1) is 6.10 Å². The summed E-state index contributed by atoms with van der Waals surface area (Å²) >= 11 is 0. The summed E-state index contributed by atoms with van der Waals surface area (Å²) < 4.78 is 5.83. The van der Waals surface area contributed by atoms with Crippen LogP contribution in [0.3, 0.4) is 0 Å². The van der Waals surface area contributed by atoms with Crippen LogP contribution in [-0.2, 0) is 4.74 Å². The van der Waals surface area contributed by atoms with Crippen LogP contribution >= 0.6 is 0 Å². The normalized spacial score (nSPS) is 24.8. The van der Waals surface area contributed by atoms with E-state index < -0.39 is 0 Å². The van der Waals surface area contributed by atoms with Crippen molar-refractivity contribution < 1.29 is 4.74 Å². The van der Waals surface area contributed by atoms with Crippen molar-refractivity contribution in [2.24, 2.45) is 4.99 Å². The van der Waals surface area contributed by atoms with E-state index in [2.05, 4.69) is 42.5 Å². The van der Waals surface area contributed by atoms with E-state index in [0.717, 1.165) is 38.4 Å². The average molecular weight is 241 g/mol. The standard InChI is InChI=1S/C13H27N3O/c1-6-15(7-2)9-10-16(8-3)13-14-11(4)12(5)17-13/h12-13H,6-10H2,1-5H3. The van der Waals surface area contributed by atoms with E-state index in [-0.39, 0.29) is 12.5 Å². The summed E-state index contributed by atoms with van der Waals surface area (Å²) in [6.45, 7) is 16.0. The second kappa shape index (κ2) is 7.09. The molecule has 0 aliphatic carbocycles. The van der Waals surface area contributed by atoms with Gasteiger partial charge in [0.25, 0.3) is 0 Å². The first-order chi connectivity index (χ1) is 8.12. The van der Waals surface area contributed by atoms with Gasteiger partial charge in [-0.3, -0.25) is 4.90 Å². The van der Waals surface area contributed by atoms with E-state index in [1.165, 1.54) is 0 Å². The Morgan fingerprint density at radius 2 is 1.76 bits per heavy atom. The molecule has 0 fully saturated rings. The minimum Gasteiger partial charge on any atom is -0.334 e. The average Bonchev–Trinajstić information content (AvgIpc) is 2.65. The Labute approximate surface area is 106 Å². The van der Waals surface area contributed by atoms with Crippen molar-refractivity contribution in [3.05, 3.63) is 0 Å². The van der Waals surface area contributed by atoms with Crippen molar-refractivity contribution in [3.8, 4) is 0 Å². The molecule has 1 aliphatic rings. The molecule has 0 saturated carbocycles. The molecule has 2 atom stereocenters. The summed E-state index contributed by atoms with van der Waals surface area (Å²) in [6, 6.07) is 0. The number of ether oxygens (including phenoxy) is 1. The molecular formula is C13H27N3O. The van der Waals surface area contributed by atoms with Crippen molar-refractivity contribution in [1.29, 1.82) is 0 Å². The van der Waals surface area contributed by atoms with Gasteiger partial charge in [-0.2, -0.15) is 0 Å². The zero-order valence-electron chi connectivity index (χ0n) is 11.9. The van der Waals surface area contributed by atoms with Crippen molar-refractivity contribution in [3.63, 3.8) is 0 Å². The maximum Gasteiger partial charge on any atom is 0.207 e. The Morgan fingerprint density at radius 1 is 1.12 bits per heavy atom. The minimum atomic E-state index is -0.0643. The van der Waals surface area contributed by atoms with Gasteiger partial charge >= 0.3 is 0 Å². The lowest BCUT2D eigenvalue weighted by atomic mass is 10.3. The molecule has 0 spiro atoms. The Kier molecular flexibility index (Phi) is 6.09. The largest absolute Gasteiger partial charge is 0.334 e. The zero-order chi connectivity index (χ0) is 12.8. The van der Waals surface area contributed by atoms with Gasteiger partial charge in [-0.05, 0) is 33.5 Å². The first-order valence-electron chi connectivity index (χ1n) is 6.78. The highest BCUT2D eigenvalue weighted by molar-refractivity contribution is 5.87. The molecule has 1 aliphatic heterocycles. The van der Waals surface area contributed by atoms with Crippen LogP contribution in [0, 0.1) is 0 Å². The molecule has 17 heavy (non-hydrogen) atoms. The molecule has 1 heterocycles. The van der Waals surface area contributed by atoms with Crippen molar-refractivity contribution in [2.75, 3.05) is 32.7 Å². The van der Waals surface area contributed by atoms with E-state index >= 15 is 0 Å². The Morgan fingerprint density at radius 3 is 2.18 bits per heavy atom. The highest BCUT2D eigenvalue weighted by Gasteiger charge is 2.26. The maximum absolute atomic E-state index is 5.83. The first-order valence-corrected chi connectivity index (χ1v) is 6.78. The minimum absolute atomic E-state index is 0.0643. The Hall–Kier alpha value is -0.450. The van der Waals surface area contributed by atoms with Gasteiger partial charge in [0.1, 0.15) is 0 Å². The first kappa shape index (κ1) is 14.6. The van der Waals surface area contributed by atoms with Gasteiger partial charge in [-0.25, -0.2) is 4.99 Å². The van der Waals surface area contributed by atoms with Crippen LogP contribution < -0.4 is 0 Å². The maximum atomic E-state index is 5.83. The number of nitrogens with zero attached hydrogens (tertiary/aromatic N) is 3. The van der Waals surface area contributed by atoms with Crippen molar-refractivity contribution in [1.82, 2.24) is 9.80 Å². The van der Waals surface area contributed by atoms with E-state index in [0.29, 0.717) is 0 Å². The lowest BCUT2D eigenvalue weighted by Crippen LogP contribution is -2.40. The molecule has 0 aromatic rings. The molecule has 4 heteroatoms. The Bertz CT molecular complexity index is 251. The second-order valence-corrected chi connectivity index (χ2v) is 4.53. The van der Waals surface area contributed by atoms with Crippen LogP contribution in [0.4, 0.5) is 0 Å². The molecule has 4 nitrogen and oxygen atoms in total. The molecule has 0 bridgehead atoms. The number of aliphatic imine (C=N–C) groups is 1. The smallest absolute Gasteiger partial charge is 0.207 e. The van der Waals surface area contributed by atoms with Gasteiger partial charge in [-0.1, -0.05) is 20.8 Å². The zero-order valence-corrected chi connectivity index (χ0v) is 11.9. The van der Waals surface area contributed by atoms with E-state index in [4.69, 9.17) is 4.74 Å². The van der Waals surface area contributed by atoms with E-state index in [1.807, 2.05) is 6.92 Å². The molecule has 0 aromatic heterocycles. The van der Waals surface area contributed by atoms with Gasteiger partial charge in [0.15, 0.2) is 0 Å². The van der Waals surface area contributed by atoms with Crippen molar-refractivity contribution >= 4 is 5.71 Å². The molecule has 2 unspecified atom stereocenters. The molecule has 100 valence electrons. The lowest BCUT2D eigenvalue weighted by molar-refractivity contribution is -0.0509. The quantitative estimate of drug-likeness (QED) is 0.680. The second-order valence-electron chi connectivity index (χ2n) is 4.53. The highest BCUT2D eigenvalue weighted by atomic mass is 16.5. The fourth-order valence-electron chi connectivity index (χ4n) is 1.99.